The maximum atomic E-state index is 11.9. The number of hydrogen-bond donors (Lipinski definition) is 2. The molecule has 0 spiro atoms. The van der Waals surface area contributed by atoms with Crippen LogP contribution in [0.3, 0.4) is 0 Å². The molecule has 1 amide bonds. The highest BCUT2D eigenvalue weighted by molar-refractivity contribution is 5.81. The van der Waals surface area contributed by atoms with E-state index in [1.54, 1.807) is 0 Å². The Kier molecular flexibility index (Phi) is 4.20. The van der Waals surface area contributed by atoms with Crippen LogP contribution in [0.1, 0.15) is 24.8 Å². The molecule has 4 nitrogen and oxygen atoms in total. The molecule has 98 valence electrons. The third-order valence-electron chi connectivity index (χ3n) is 3.51. The number of rotatable bonds is 3. The number of para-hydroxylation sites is 1. The van der Waals surface area contributed by atoms with Crippen molar-refractivity contribution in [2.45, 2.75) is 31.8 Å². The maximum absolute atomic E-state index is 11.9. The fourth-order valence-electron chi connectivity index (χ4n) is 2.40. The van der Waals surface area contributed by atoms with E-state index in [0.29, 0.717) is 6.54 Å². The van der Waals surface area contributed by atoms with Crippen LogP contribution in [0.15, 0.2) is 24.3 Å². The van der Waals surface area contributed by atoms with Gasteiger partial charge in [0.15, 0.2) is 0 Å². The second kappa shape index (κ2) is 5.87. The van der Waals surface area contributed by atoms with Crippen LogP contribution in [0.25, 0.3) is 0 Å². The monoisotopic (exact) mass is 247 g/mol. The molecule has 18 heavy (non-hydrogen) atoms. The number of anilines is 1. The van der Waals surface area contributed by atoms with Crippen LogP contribution in [-0.4, -0.2) is 30.4 Å². The third kappa shape index (κ3) is 3.01. The Morgan fingerprint density at radius 2 is 2.17 bits per heavy atom. The van der Waals surface area contributed by atoms with Crippen molar-refractivity contribution >= 4 is 11.6 Å². The number of nitrogens with two attached hydrogens (primary N) is 1. The zero-order chi connectivity index (χ0) is 13.0. The summed E-state index contributed by atoms with van der Waals surface area (Å²) in [6.45, 7) is 1.52. The van der Waals surface area contributed by atoms with E-state index in [1.807, 2.05) is 31.3 Å². The highest BCUT2D eigenvalue weighted by Crippen LogP contribution is 2.17. The van der Waals surface area contributed by atoms with Crippen LogP contribution in [0.2, 0.25) is 0 Å². The molecule has 0 aromatic heterocycles. The van der Waals surface area contributed by atoms with Gasteiger partial charge in [0.1, 0.15) is 0 Å². The minimum Gasteiger partial charge on any atom is -0.398 e. The van der Waals surface area contributed by atoms with E-state index in [0.717, 1.165) is 37.1 Å². The first-order valence-corrected chi connectivity index (χ1v) is 6.50. The van der Waals surface area contributed by atoms with Crippen molar-refractivity contribution in [3.63, 3.8) is 0 Å². The minimum absolute atomic E-state index is 0.0351. The minimum atomic E-state index is -0.0351. The fourth-order valence-corrected chi connectivity index (χ4v) is 2.40. The Labute approximate surface area is 108 Å². The average Bonchev–Trinajstić information content (AvgIpc) is 2.57. The number of carbonyl (C=O) groups is 1. The number of carbonyl (C=O) groups excluding carboxylic acids is 1. The highest BCUT2D eigenvalue weighted by Gasteiger charge is 2.24. The number of nitrogens with zero attached hydrogens (tertiary/aromatic N) is 1. The predicted octanol–water partition coefficient (Wildman–Crippen LogP) is 1.37. The lowest BCUT2D eigenvalue weighted by Crippen LogP contribution is -2.43. The Bertz CT molecular complexity index is 419. The van der Waals surface area contributed by atoms with Crippen molar-refractivity contribution in [3.05, 3.63) is 29.8 Å². The number of benzene rings is 1. The van der Waals surface area contributed by atoms with Gasteiger partial charge >= 0.3 is 0 Å². The van der Waals surface area contributed by atoms with E-state index < -0.39 is 0 Å². The van der Waals surface area contributed by atoms with E-state index >= 15 is 0 Å². The molecule has 0 saturated carbocycles. The number of likely N-dealkylation sites (N-methyl/N-ethyl adjacent to an activating group) is 1. The van der Waals surface area contributed by atoms with Gasteiger partial charge in [-0.15, -0.1) is 0 Å². The van der Waals surface area contributed by atoms with Crippen LogP contribution in [0.5, 0.6) is 0 Å². The molecule has 1 aromatic carbocycles. The Morgan fingerprint density at radius 3 is 2.94 bits per heavy atom. The van der Waals surface area contributed by atoms with Crippen molar-refractivity contribution in [1.82, 2.24) is 10.2 Å². The quantitative estimate of drug-likeness (QED) is 0.793. The van der Waals surface area contributed by atoms with E-state index in [9.17, 15) is 4.79 Å². The smallest absolute Gasteiger partial charge is 0.237 e. The average molecular weight is 247 g/mol. The van der Waals surface area contributed by atoms with E-state index in [1.165, 1.54) is 0 Å². The van der Waals surface area contributed by atoms with Crippen LogP contribution in [-0.2, 0) is 11.3 Å². The van der Waals surface area contributed by atoms with Gasteiger partial charge < -0.3 is 11.1 Å². The summed E-state index contributed by atoms with van der Waals surface area (Å²) in [4.78, 5) is 14.0. The summed E-state index contributed by atoms with van der Waals surface area (Å²) in [5, 5.41) is 2.96. The Morgan fingerprint density at radius 1 is 1.39 bits per heavy atom. The molecule has 1 saturated heterocycles. The van der Waals surface area contributed by atoms with Crippen molar-refractivity contribution in [2.24, 2.45) is 0 Å². The predicted molar refractivity (Wildman–Crippen MR) is 73.0 cm³/mol. The molecule has 1 aliphatic heterocycles. The summed E-state index contributed by atoms with van der Waals surface area (Å²) in [7, 11) is 1.99. The number of hydrogen-bond acceptors (Lipinski definition) is 3. The summed E-state index contributed by atoms with van der Waals surface area (Å²) in [6.07, 6.45) is 3.09. The molecule has 1 unspecified atom stereocenters. The summed E-state index contributed by atoms with van der Waals surface area (Å²) in [5.41, 5.74) is 7.81. The van der Waals surface area contributed by atoms with Gasteiger partial charge in [-0.1, -0.05) is 18.2 Å². The van der Waals surface area contributed by atoms with Gasteiger partial charge in [-0.05, 0) is 37.9 Å². The second-order valence-corrected chi connectivity index (χ2v) is 4.92. The molecular weight excluding hydrogens is 226 g/mol. The number of nitrogens with one attached hydrogen (secondary N) is 1. The van der Waals surface area contributed by atoms with E-state index in [4.69, 9.17) is 5.73 Å². The van der Waals surface area contributed by atoms with Gasteiger partial charge in [0, 0.05) is 18.8 Å². The molecule has 3 N–H and O–H groups in total. The molecule has 4 heteroatoms. The first-order valence-electron chi connectivity index (χ1n) is 6.50. The zero-order valence-corrected chi connectivity index (χ0v) is 10.9. The summed E-state index contributed by atoms with van der Waals surface area (Å²) < 4.78 is 0. The van der Waals surface area contributed by atoms with Crippen LogP contribution < -0.4 is 11.1 Å². The standard InChI is InChI=1S/C14H21N3O/c1-17(10-11-6-2-3-7-12(11)15)13-8-4-5-9-16-14(13)18/h2-3,6-7,13H,4-5,8-10,15H2,1H3,(H,16,18). The molecule has 1 aliphatic rings. The van der Waals surface area contributed by atoms with Gasteiger partial charge in [0.25, 0.3) is 0 Å². The van der Waals surface area contributed by atoms with Gasteiger partial charge in [0.05, 0.1) is 6.04 Å². The van der Waals surface area contributed by atoms with Crippen LogP contribution in [0.4, 0.5) is 5.69 Å². The SMILES string of the molecule is CN(Cc1ccccc1N)C1CCCCNC1=O. The van der Waals surface area contributed by atoms with Crippen LogP contribution >= 0.6 is 0 Å². The summed E-state index contributed by atoms with van der Waals surface area (Å²) in [5.74, 6) is 0.143. The van der Waals surface area contributed by atoms with Crippen LogP contribution in [0, 0.1) is 0 Å². The first-order chi connectivity index (χ1) is 8.68. The van der Waals surface area contributed by atoms with Crippen molar-refractivity contribution in [3.8, 4) is 0 Å². The fraction of sp³-hybridized carbons (Fsp3) is 0.500. The van der Waals surface area contributed by atoms with Crippen molar-refractivity contribution in [2.75, 3.05) is 19.3 Å². The second-order valence-electron chi connectivity index (χ2n) is 4.92. The van der Waals surface area contributed by atoms with Gasteiger partial charge in [-0.3, -0.25) is 9.69 Å². The molecule has 1 fully saturated rings. The lowest BCUT2D eigenvalue weighted by Gasteiger charge is -2.26. The van der Waals surface area contributed by atoms with E-state index in [-0.39, 0.29) is 11.9 Å². The van der Waals surface area contributed by atoms with Crippen molar-refractivity contribution < 1.29 is 4.79 Å². The van der Waals surface area contributed by atoms with Gasteiger partial charge in [0.2, 0.25) is 5.91 Å². The molecule has 0 aliphatic carbocycles. The first kappa shape index (κ1) is 12.9. The molecule has 1 aromatic rings. The number of nitrogen functional groups attached to an aromatic ring is 1. The molecule has 2 rings (SSSR count). The Hall–Kier alpha value is -1.55. The molecule has 0 bridgehead atoms. The van der Waals surface area contributed by atoms with Gasteiger partial charge in [-0.2, -0.15) is 0 Å². The van der Waals surface area contributed by atoms with E-state index in [2.05, 4.69) is 10.2 Å². The molecule has 0 radical (unpaired) electrons. The maximum Gasteiger partial charge on any atom is 0.237 e. The molecular formula is C14H21N3O. The number of amides is 1. The van der Waals surface area contributed by atoms with Crippen molar-refractivity contribution in [1.29, 1.82) is 0 Å². The normalized spacial score (nSPS) is 20.6. The van der Waals surface area contributed by atoms with Gasteiger partial charge in [-0.25, -0.2) is 0 Å². The summed E-state index contributed by atoms with van der Waals surface area (Å²) >= 11 is 0. The Balaban J connectivity index is 2.04. The molecule has 1 heterocycles. The summed E-state index contributed by atoms with van der Waals surface area (Å²) in [6, 6.07) is 7.79. The lowest BCUT2D eigenvalue weighted by molar-refractivity contribution is -0.125. The topological polar surface area (TPSA) is 58.4 Å². The largest absolute Gasteiger partial charge is 0.398 e. The highest BCUT2D eigenvalue weighted by atomic mass is 16.2. The lowest BCUT2D eigenvalue weighted by atomic mass is 10.1. The molecule has 1 atom stereocenters. The zero-order valence-electron chi connectivity index (χ0n) is 10.9. The third-order valence-corrected chi connectivity index (χ3v) is 3.51.